The summed E-state index contributed by atoms with van der Waals surface area (Å²) in [5, 5.41) is 0. The van der Waals surface area contributed by atoms with Crippen LogP contribution in [0.2, 0.25) is 0 Å². The summed E-state index contributed by atoms with van der Waals surface area (Å²) >= 11 is 0. The van der Waals surface area contributed by atoms with Crippen LogP contribution in [-0.2, 0) is 4.79 Å². The number of hydrogen-bond acceptors (Lipinski definition) is 4. The van der Waals surface area contributed by atoms with Gasteiger partial charge in [-0.15, -0.1) is 0 Å². The van der Waals surface area contributed by atoms with E-state index in [1.54, 1.807) is 12.1 Å². The van der Waals surface area contributed by atoms with Crippen LogP contribution in [0.25, 0.3) is 11.3 Å². The van der Waals surface area contributed by atoms with E-state index in [-0.39, 0.29) is 23.7 Å². The van der Waals surface area contributed by atoms with Crippen molar-refractivity contribution in [3.05, 3.63) is 78.1 Å². The van der Waals surface area contributed by atoms with Gasteiger partial charge in [-0.05, 0) is 48.5 Å². The third kappa shape index (κ3) is 4.69. The van der Waals surface area contributed by atoms with Crippen molar-refractivity contribution in [3.8, 4) is 17.1 Å². The Morgan fingerprint density at radius 3 is 2.41 bits per heavy atom. The average molecular weight is 372 g/mol. The van der Waals surface area contributed by atoms with E-state index in [0.29, 0.717) is 5.75 Å². The molecule has 0 bridgehead atoms. The molecule has 3 rings (SSSR count). The zero-order chi connectivity index (χ0) is 19.2. The highest BCUT2D eigenvalue weighted by Gasteiger charge is 2.15. The van der Waals surface area contributed by atoms with Gasteiger partial charge in [0.2, 0.25) is 0 Å². The third-order valence-corrected chi connectivity index (χ3v) is 3.47. The largest absolute Gasteiger partial charge is 0.484 e. The molecule has 2 amide bonds. The van der Waals surface area contributed by atoms with Gasteiger partial charge in [-0.25, -0.2) is 8.78 Å². The molecule has 0 saturated heterocycles. The van der Waals surface area contributed by atoms with Crippen molar-refractivity contribution in [2.45, 2.75) is 0 Å². The summed E-state index contributed by atoms with van der Waals surface area (Å²) in [4.78, 5) is 23.7. The summed E-state index contributed by atoms with van der Waals surface area (Å²) < 4.78 is 37.0. The van der Waals surface area contributed by atoms with Crippen LogP contribution in [0.5, 0.6) is 5.75 Å². The van der Waals surface area contributed by atoms with E-state index in [1.807, 2.05) is 0 Å². The number of ether oxygens (including phenoxy) is 1. The van der Waals surface area contributed by atoms with Crippen molar-refractivity contribution >= 4 is 11.8 Å². The number of furan rings is 1. The molecule has 0 saturated carbocycles. The number of hydrazine groups is 1. The minimum atomic E-state index is -0.715. The molecule has 0 spiro atoms. The predicted octanol–water partition coefficient (Wildman–Crippen LogP) is 3.06. The second-order valence-electron chi connectivity index (χ2n) is 5.39. The Labute approximate surface area is 152 Å². The van der Waals surface area contributed by atoms with Gasteiger partial charge >= 0.3 is 5.91 Å². The number of hydrogen-bond donors (Lipinski definition) is 2. The van der Waals surface area contributed by atoms with E-state index in [2.05, 4.69) is 10.9 Å². The normalized spacial score (nSPS) is 10.3. The molecule has 8 heteroatoms. The summed E-state index contributed by atoms with van der Waals surface area (Å²) in [6, 6.07) is 13.9. The van der Waals surface area contributed by atoms with Crippen LogP contribution in [0.15, 0.2) is 65.1 Å². The van der Waals surface area contributed by atoms with E-state index in [1.165, 1.54) is 48.5 Å². The van der Waals surface area contributed by atoms with Crippen LogP contribution in [0.4, 0.5) is 8.78 Å². The topological polar surface area (TPSA) is 80.6 Å². The minimum absolute atomic E-state index is 0.104. The smallest absolute Gasteiger partial charge is 0.305 e. The zero-order valence-electron chi connectivity index (χ0n) is 13.9. The van der Waals surface area contributed by atoms with Crippen molar-refractivity contribution in [2.75, 3.05) is 6.61 Å². The number of carbonyl (C=O) groups excluding carboxylic acids is 2. The Morgan fingerprint density at radius 2 is 1.67 bits per heavy atom. The molecule has 0 atom stereocenters. The van der Waals surface area contributed by atoms with Crippen molar-refractivity contribution in [3.63, 3.8) is 0 Å². The number of amides is 2. The van der Waals surface area contributed by atoms with Crippen molar-refractivity contribution in [1.82, 2.24) is 10.9 Å². The number of benzene rings is 2. The van der Waals surface area contributed by atoms with Crippen molar-refractivity contribution in [1.29, 1.82) is 0 Å². The van der Waals surface area contributed by atoms with Crippen LogP contribution in [-0.4, -0.2) is 18.4 Å². The number of nitrogens with one attached hydrogen (secondary N) is 2. The maximum atomic E-state index is 13.7. The van der Waals surface area contributed by atoms with E-state index in [9.17, 15) is 18.4 Å². The van der Waals surface area contributed by atoms with Crippen LogP contribution in [0.3, 0.4) is 0 Å². The molecule has 0 aliphatic heterocycles. The molecule has 1 aromatic heterocycles. The van der Waals surface area contributed by atoms with E-state index in [0.717, 1.165) is 0 Å². The Hall–Kier alpha value is -3.68. The fraction of sp³-hybridized carbons (Fsp3) is 0.0526. The molecule has 2 N–H and O–H groups in total. The maximum absolute atomic E-state index is 13.7. The van der Waals surface area contributed by atoms with Gasteiger partial charge < -0.3 is 9.15 Å². The Kier molecular flexibility index (Phi) is 5.46. The van der Waals surface area contributed by atoms with E-state index < -0.39 is 23.4 Å². The zero-order valence-corrected chi connectivity index (χ0v) is 13.9. The number of carbonyl (C=O) groups is 2. The molecule has 2 aromatic carbocycles. The van der Waals surface area contributed by atoms with Gasteiger partial charge in [0.1, 0.15) is 23.1 Å². The molecule has 138 valence electrons. The maximum Gasteiger partial charge on any atom is 0.305 e. The highest BCUT2D eigenvalue weighted by Crippen LogP contribution is 2.24. The third-order valence-electron chi connectivity index (χ3n) is 3.47. The summed E-state index contributed by atoms with van der Waals surface area (Å²) in [5.74, 6) is -1.87. The molecular formula is C19H14F2N2O4. The summed E-state index contributed by atoms with van der Waals surface area (Å²) in [6.07, 6.45) is 0. The van der Waals surface area contributed by atoms with E-state index in [4.69, 9.17) is 9.15 Å². The van der Waals surface area contributed by atoms with Gasteiger partial charge in [-0.3, -0.25) is 20.4 Å². The van der Waals surface area contributed by atoms with Crippen LogP contribution in [0.1, 0.15) is 10.6 Å². The standard InChI is InChI=1S/C19H14F2N2O4/c20-12-5-7-13(8-6-12)26-11-18(24)22-23-19(25)17-10-9-16(27-17)14-3-1-2-4-15(14)21/h1-10H,11H2,(H,22,24)(H,23,25). The lowest BCUT2D eigenvalue weighted by Crippen LogP contribution is -2.43. The first-order chi connectivity index (χ1) is 13.0. The molecule has 1 heterocycles. The lowest BCUT2D eigenvalue weighted by Gasteiger charge is -2.08. The Morgan fingerprint density at radius 1 is 0.926 bits per heavy atom. The van der Waals surface area contributed by atoms with Crippen molar-refractivity contribution < 1.29 is 27.5 Å². The molecule has 0 aliphatic carbocycles. The molecular weight excluding hydrogens is 358 g/mol. The highest BCUT2D eigenvalue weighted by atomic mass is 19.1. The van der Waals surface area contributed by atoms with E-state index >= 15 is 0 Å². The first-order valence-corrected chi connectivity index (χ1v) is 7.85. The molecule has 0 aliphatic rings. The summed E-state index contributed by atoms with van der Waals surface area (Å²) in [5.41, 5.74) is 4.52. The molecule has 3 aromatic rings. The molecule has 0 unspecified atom stereocenters. The quantitative estimate of drug-likeness (QED) is 0.675. The van der Waals surface area contributed by atoms with Crippen LogP contribution >= 0.6 is 0 Å². The molecule has 6 nitrogen and oxygen atoms in total. The lowest BCUT2D eigenvalue weighted by molar-refractivity contribution is -0.123. The van der Waals surface area contributed by atoms with Gasteiger partial charge in [0.15, 0.2) is 12.4 Å². The van der Waals surface area contributed by atoms with Crippen molar-refractivity contribution in [2.24, 2.45) is 0 Å². The Bertz CT molecular complexity index is 954. The van der Waals surface area contributed by atoms with Gasteiger partial charge in [0.05, 0.1) is 5.56 Å². The van der Waals surface area contributed by atoms with Crippen LogP contribution < -0.4 is 15.6 Å². The lowest BCUT2D eigenvalue weighted by atomic mass is 10.1. The summed E-state index contributed by atoms with van der Waals surface area (Å²) in [7, 11) is 0. The first kappa shape index (κ1) is 18.1. The van der Waals surface area contributed by atoms with Crippen LogP contribution in [0, 0.1) is 11.6 Å². The number of halogens is 2. The number of rotatable bonds is 5. The van der Waals surface area contributed by atoms with Gasteiger partial charge in [-0.1, -0.05) is 12.1 Å². The molecule has 0 radical (unpaired) electrons. The van der Waals surface area contributed by atoms with Gasteiger partial charge in [0.25, 0.3) is 5.91 Å². The van der Waals surface area contributed by atoms with Gasteiger partial charge in [-0.2, -0.15) is 0 Å². The fourth-order valence-electron chi connectivity index (χ4n) is 2.17. The average Bonchev–Trinajstić information content (AvgIpc) is 3.16. The SMILES string of the molecule is O=C(COc1ccc(F)cc1)NNC(=O)c1ccc(-c2ccccc2F)o1. The summed E-state index contributed by atoms with van der Waals surface area (Å²) in [6.45, 7) is -0.384. The monoisotopic (exact) mass is 372 g/mol. The second kappa shape index (κ2) is 8.13. The molecule has 27 heavy (non-hydrogen) atoms. The highest BCUT2D eigenvalue weighted by molar-refractivity contribution is 5.93. The fourth-order valence-corrected chi connectivity index (χ4v) is 2.17. The minimum Gasteiger partial charge on any atom is -0.484 e. The predicted molar refractivity (Wildman–Crippen MR) is 91.6 cm³/mol. The molecule has 0 fully saturated rings. The first-order valence-electron chi connectivity index (χ1n) is 7.85. The Balaban J connectivity index is 1.51. The van der Waals surface area contributed by atoms with Gasteiger partial charge in [0, 0.05) is 0 Å². The second-order valence-corrected chi connectivity index (χ2v) is 5.39.